The van der Waals surface area contributed by atoms with Crippen molar-refractivity contribution in [1.29, 1.82) is 0 Å². The summed E-state index contributed by atoms with van der Waals surface area (Å²) in [4.78, 5) is 21.7. The summed E-state index contributed by atoms with van der Waals surface area (Å²) >= 11 is 0. The Morgan fingerprint density at radius 1 is 1.11 bits per heavy atom. The minimum atomic E-state index is -1.06. The molecule has 1 N–H and O–H groups in total. The fourth-order valence-corrected chi connectivity index (χ4v) is 1.71. The van der Waals surface area contributed by atoms with Crippen LogP contribution in [0.15, 0.2) is 12.2 Å². The molecule has 4 nitrogen and oxygen atoms in total. The number of aliphatic carboxylic acids is 1. The second-order valence-corrected chi connectivity index (χ2v) is 5.26. The van der Waals surface area contributed by atoms with Gasteiger partial charge in [0, 0.05) is 5.57 Å². The van der Waals surface area contributed by atoms with Crippen LogP contribution in [-0.4, -0.2) is 23.7 Å². The van der Waals surface area contributed by atoms with Crippen LogP contribution in [0.25, 0.3) is 0 Å². The number of hydrogen-bond donors (Lipinski definition) is 1. The maximum absolute atomic E-state index is 11.3. The summed E-state index contributed by atoms with van der Waals surface area (Å²) in [5.74, 6) is -0.893. The molecule has 0 aromatic rings. The molecule has 0 atom stereocenters. The highest BCUT2D eigenvalue weighted by Gasteiger charge is 2.11. The number of hydrogen-bond acceptors (Lipinski definition) is 3. The Hall–Kier alpha value is -1.32. The van der Waals surface area contributed by atoms with Crippen LogP contribution in [0, 0.1) is 5.92 Å². The minimum absolute atomic E-state index is 0.00410. The van der Waals surface area contributed by atoms with Gasteiger partial charge in [-0.15, -0.1) is 0 Å². The average Bonchev–Trinajstić information content (AvgIpc) is 2.30. The van der Waals surface area contributed by atoms with Crippen LogP contribution in [0.2, 0.25) is 0 Å². The Balaban J connectivity index is 3.41. The van der Waals surface area contributed by atoms with Crippen molar-refractivity contribution in [3.05, 3.63) is 12.2 Å². The number of carboxylic acid groups (broad SMARTS) is 1. The molecule has 0 aliphatic carbocycles. The number of rotatable bonds is 11. The molecule has 0 unspecified atom stereocenters. The molecule has 19 heavy (non-hydrogen) atoms. The number of esters is 1. The fourth-order valence-electron chi connectivity index (χ4n) is 1.71. The number of unbranched alkanes of at least 4 members (excludes halogenated alkanes) is 4. The van der Waals surface area contributed by atoms with Gasteiger partial charge >= 0.3 is 11.9 Å². The third-order valence-electron chi connectivity index (χ3n) is 2.81. The van der Waals surface area contributed by atoms with Crippen molar-refractivity contribution in [2.24, 2.45) is 5.92 Å². The van der Waals surface area contributed by atoms with Crippen molar-refractivity contribution in [2.45, 2.75) is 58.8 Å². The zero-order chi connectivity index (χ0) is 14.7. The van der Waals surface area contributed by atoms with E-state index in [0.29, 0.717) is 6.61 Å². The van der Waals surface area contributed by atoms with E-state index in [4.69, 9.17) is 9.84 Å². The third-order valence-corrected chi connectivity index (χ3v) is 2.81. The molecular weight excluding hydrogens is 244 g/mol. The first-order chi connectivity index (χ1) is 8.93. The van der Waals surface area contributed by atoms with Gasteiger partial charge in [-0.2, -0.15) is 0 Å². The largest absolute Gasteiger partial charge is 0.481 e. The predicted molar refractivity (Wildman–Crippen MR) is 74.9 cm³/mol. The summed E-state index contributed by atoms with van der Waals surface area (Å²) in [5.41, 5.74) is 0.00410. The quantitative estimate of drug-likeness (QED) is 0.354. The van der Waals surface area contributed by atoms with E-state index < -0.39 is 11.9 Å². The smallest absolute Gasteiger partial charge is 0.333 e. The molecule has 0 saturated heterocycles. The highest BCUT2D eigenvalue weighted by atomic mass is 16.5. The maximum Gasteiger partial charge on any atom is 0.333 e. The van der Waals surface area contributed by atoms with E-state index in [0.717, 1.165) is 25.2 Å². The van der Waals surface area contributed by atoms with Crippen LogP contribution in [0.4, 0.5) is 0 Å². The maximum atomic E-state index is 11.3. The highest BCUT2D eigenvalue weighted by Crippen LogP contribution is 2.10. The summed E-state index contributed by atoms with van der Waals surface area (Å²) in [6.07, 6.45) is 6.41. The molecule has 0 amide bonds. The number of ether oxygens (including phenoxy) is 1. The molecule has 4 heteroatoms. The van der Waals surface area contributed by atoms with Crippen molar-refractivity contribution < 1.29 is 19.4 Å². The van der Waals surface area contributed by atoms with Gasteiger partial charge in [0.2, 0.25) is 0 Å². The lowest BCUT2D eigenvalue weighted by Crippen LogP contribution is -2.11. The lowest BCUT2D eigenvalue weighted by Gasteiger charge is -2.06. The zero-order valence-electron chi connectivity index (χ0n) is 12.1. The van der Waals surface area contributed by atoms with Gasteiger partial charge < -0.3 is 9.84 Å². The number of carboxylic acids is 1. The van der Waals surface area contributed by atoms with Gasteiger partial charge in [-0.05, 0) is 12.3 Å². The Kier molecular flexibility index (Phi) is 9.85. The zero-order valence-corrected chi connectivity index (χ0v) is 12.1. The monoisotopic (exact) mass is 270 g/mol. The summed E-state index contributed by atoms with van der Waals surface area (Å²) < 4.78 is 4.95. The van der Waals surface area contributed by atoms with E-state index in [1.807, 2.05) is 0 Å². The first kappa shape index (κ1) is 17.7. The molecule has 0 aromatic heterocycles. The minimum Gasteiger partial charge on any atom is -0.481 e. The van der Waals surface area contributed by atoms with Crippen molar-refractivity contribution in [3.63, 3.8) is 0 Å². The lowest BCUT2D eigenvalue weighted by atomic mass is 10.0. The van der Waals surface area contributed by atoms with E-state index in [9.17, 15) is 9.59 Å². The number of carbonyl (C=O) groups is 2. The molecule has 0 aliphatic heterocycles. The topological polar surface area (TPSA) is 63.6 Å². The molecule has 0 fully saturated rings. The van der Waals surface area contributed by atoms with Gasteiger partial charge in [0.25, 0.3) is 0 Å². The molecule has 0 saturated carbocycles. The Bertz CT molecular complexity index is 295. The van der Waals surface area contributed by atoms with Crippen LogP contribution in [-0.2, 0) is 14.3 Å². The predicted octanol–water partition coefficient (Wildman–Crippen LogP) is 3.56. The van der Waals surface area contributed by atoms with Crippen molar-refractivity contribution >= 4 is 11.9 Å². The molecule has 0 aromatic carbocycles. The van der Waals surface area contributed by atoms with Gasteiger partial charge in [0.1, 0.15) is 0 Å². The van der Waals surface area contributed by atoms with E-state index in [1.165, 1.54) is 19.3 Å². The van der Waals surface area contributed by atoms with Crippen molar-refractivity contribution in [3.8, 4) is 0 Å². The van der Waals surface area contributed by atoms with E-state index in [2.05, 4.69) is 20.4 Å². The third kappa shape index (κ3) is 11.5. The summed E-state index contributed by atoms with van der Waals surface area (Å²) in [6.45, 7) is 8.20. The molecule has 0 bridgehead atoms. The molecule has 0 radical (unpaired) electrons. The summed E-state index contributed by atoms with van der Waals surface area (Å²) in [6, 6.07) is 0. The Labute approximate surface area is 115 Å². The summed E-state index contributed by atoms with van der Waals surface area (Å²) in [7, 11) is 0. The second-order valence-electron chi connectivity index (χ2n) is 5.26. The lowest BCUT2D eigenvalue weighted by molar-refractivity contribution is -0.142. The molecule has 0 rings (SSSR count). The van der Waals surface area contributed by atoms with Crippen LogP contribution < -0.4 is 0 Å². The normalized spacial score (nSPS) is 10.5. The van der Waals surface area contributed by atoms with Gasteiger partial charge in [0.15, 0.2) is 0 Å². The first-order valence-electron chi connectivity index (χ1n) is 7.00. The van der Waals surface area contributed by atoms with E-state index in [-0.39, 0.29) is 12.0 Å². The first-order valence-corrected chi connectivity index (χ1v) is 7.00. The molecule has 0 spiro atoms. The van der Waals surface area contributed by atoms with Gasteiger partial charge in [0.05, 0.1) is 13.0 Å². The Morgan fingerprint density at radius 3 is 2.26 bits per heavy atom. The highest BCUT2D eigenvalue weighted by molar-refractivity contribution is 5.92. The van der Waals surface area contributed by atoms with Crippen LogP contribution in [0.3, 0.4) is 0 Å². The molecular formula is C15H26O4. The second kappa shape index (κ2) is 10.6. The van der Waals surface area contributed by atoms with Gasteiger partial charge in [-0.3, -0.25) is 4.79 Å². The van der Waals surface area contributed by atoms with E-state index >= 15 is 0 Å². The van der Waals surface area contributed by atoms with Crippen LogP contribution >= 0.6 is 0 Å². The van der Waals surface area contributed by atoms with Gasteiger partial charge in [-0.1, -0.05) is 52.5 Å². The number of carbonyl (C=O) groups excluding carboxylic acids is 1. The van der Waals surface area contributed by atoms with Gasteiger partial charge in [-0.25, -0.2) is 4.79 Å². The Morgan fingerprint density at radius 2 is 1.68 bits per heavy atom. The van der Waals surface area contributed by atoms with Crippen molar-refractivity contribution in [2.75, 3.05) is 6.61 Å². The molecule has 0 heterocycles. The standard InChI is InChI=1S/C15H26O4/c1-12(2)9-7-5-4-6-8-10-19-15(18)13(3)11-14(16)17/h12H,3-11H2,1-2H3,(H,16,17). The SMILES string of the molecule is C=C(CC(=O)O)C(=O)OCCCCCCCC(C)C. The van der Waals surface area contributed by atoms with Crippen molar-refractivity contribution in [1.82, 2.24) is 0 Å². The average molecular weight is 270 g/mol. The van der Waals surface area contributed by atoms with E-state index in [1.54, 1.807) is 0 Å². The summed E-state index contributed by atoms with van der Waals surface area (Å²) in [5, 5.41) is 8.50. The van der Waals surface area contributed by atoms with Crippen LogP contribution in [0.5, 0.6) is 0 Å². The van der Waals surface area contributed by atoms with Crippen LogP contribution in [0.1, 0.15) is 58.8 Å². The molecule has 0 aliphatic rings. The molecule has 110 valence electrons. The fraction of sp³-hybridized carbons (Fsp3) is 0.733.